The highest BCUT2D eigenvalue weighted by Gasteiger charge is 2.46. The van der Waals surface area contributed by atoms with Gasteiger partial charge in [0.1, 0.15) is 0 Å². The quantitative estimate of drug-likeness (QED) is 0.704. The number of nitrogens with one attached hydrogen (secondary N) is 3. The fourth-order valence-corrected chi connectivity index (χ4v) is 2.56. The topological polar surface area (TPSA) is 87.3 Å². The van der Waals surface area contributed by atoms with Gasteiger partial charge in [-0.25, -0.2) is 13.2 Å². The molecule has 0 radical (unpaired) electrons. The van der Waals surface area contributed by atoms with Crippen LogP contribution in [-0.4, -0.2) is 20.0 Å². The average molecular weight is 373 g/mol. The molecular weight excluding hydrogens is 359 g/mol. The molecule has 10 heteroatoms. The van der Waals surface area contributed by atoms with Gasteiger partial charge in [-0.15, -0.1) is 0 Å². The second-order valence-electron chi connectivity index (χ2n) is 4.89. The van der Waals surface area contributed by atoms with Crippen LogP contribution in [-0.2, 0) is 16.4 Å². The number of anilines is 1. The van der Waals surface area contributed by atoms with Gasteiger partial charge in [-0.1, -0.05) is 30.3 Å². The largest absolute Gasteiger partial charge is 0.501 e. The maximum atomic E-state index is 12.4. The SMILES string of the molecule is O=C(NCc1ccccc1)NNc1ccc(S(=O)(=O)C(F)(F)F)cc1. The van der Waals surface area contributed by atoms with Crippen molar-refractivity contribution in [2.75, 3.05) is 5.43 Å². The highest BCUT2D eigenvalue weighted by atomic mass is 32.2. The third-order valence-corrected chi connectivity index (χ3v) is 4.59. The summed E-state index contributed by atoms with van der Waals surface area (Å²) >= 11 is 0. The first kappa shape index (κ1) is 18.6. The lowest BCUT2D eigenvalue weighted by Gasteiger charge is -2.11. The summed E-state index contributed by atoms with van der Waals surface area (Å²) in [5, 5.41) is 2.57. The zero-order valence-corrected chi connectivity index (χ0v) is 13.5. The van der Waals surface area contributed by atoms with E-state index in [0.717, 1.165) is 29.8 Å². The van der Waals surface area contributed by atoms with Gasteiger partial charge in [-0.2, -0.15) is 13.2 Å². The molecular formula is C15H14F3N3O3S. The lowest BCUT2D eigenvalue weighted by molar-refractivity contribution is -0.0436. The number of halogens is 3. The van der Waals surface area contributed by atoms with Crippen LogP contribution in [0.15, 0.2) is 59.5 Å². The Morgan fingerprint density at radius 1 is 0.960 bits per heavy atom. The van der Waals surface area contributed by atoms with Gasteiger partial charge < -0.3 is 5.32 Å². The molecule has 6 nitrogen and oxygen atoms in total. The first-order valence-electron chi connectivity index (χ1n) is 6.95. The minimum absolute atomic E-state index is 0.219. The molecule has 0 aliphatic heterocycles. The lowest BCUT2D eigenvalue weighted by atomic mass is 10.2. The van der Waals surface area contributed by atoms with Gasteiger partial charge in [0.2, 0.25) is 0 Å². The fraction of sp³-hybridized carbons (Fsp3) is 0.133. The summed E-state index contributed by atoms with van der Waals surface area (Å²) in [7, 11) is -5.39. The van der Waals surface area contributed by atoms with E-state index in [1.165, 1.54) is 0 Å². The summed E-state index contributed by atoms with van der Waals surface area (Å²) in [4.78, 5) is 10.7. The number of carbonyl (C=O) groups excluding carboxylic acids is 1. The Bertz CT molecular complexity index is 823. The van der Waals surface area contributed by atoms with E-state index in [4.69, 9.17) is 0 Å². The third-order valence-electron chi connectivity index (χ3n) is 3.09. The molecule has 25 heavy (non-hydrogen) atoms. The van der Waals surface area contributed by atoms with Gasteiger partial charge in [-0.05, 0) is 29.8 Å². The van der Waals surface area contributed by atoms with Gasteiger partial charge in [0.15, 0.2) is 0 Å². The van der Waals surface area contributed by atoms with Crippen LogP contribution in [0.25, 0.3) is 0 Å². The van der Waals surface area contributed by atoms with Crippen LogP contribution in [0.4, 0.5) is 23.7 Å². The molecule has 0 bridgehead atoms. The predicted molar refractivity (Wildman–Crippen MR) is 85.1 cm³/mol. The van der Waals surface area contributed by atoms with Gasteiger partial charge in [-0.3, -0.25) is 10.9 Å². The van der Waals surface area contributed by atoms with Crippen molar-refractivity contribution in [3.63, 3.8) is 0 Å². The first-order chi connectivity index (χ1) is 11.7. The van der Waals surface area contributed by atoms with Crippen molar-refractivity contribution < 1.29 is 26.4 Å². The van der Waals surface area contributed by atoms with E-state index < -0.39 is 26.3 Å². The summed E-state index contributed by atoms with van der Waals surface area (Å²) in [5.74, 6) is 0. The van der Waals surface area contributed by atoms with Crippen molar-refractivity contribution in [1.29, 1.82) is 0 Å². The third kappa shape index (κ3) is 4.86. The van der Waals surface area contributed by atoms with E-state index in [-0.39, 0.29) is 12.2 Å². The van der Waals surface area contributed by atoms with Gasteiger partial charge in [0, 0.05) is 6.54 Å². The Kier molecular flexibility index (Phi) is 5.52. The average Bonchev–Trinajstić information content (AvgIpc) is 2.58. The lowest BCUT2D eigenvalue weighted by Crippen LogP contribution is -2.38. The van der Waals surface area contributed by atoms with E-state index in [1.54, 1.807) is 0 Å². The van der Waals surface area contributed by atoms with Crippen LogP contribution in [0.5, 0.6) is 0 Å². The zero-order chi connectivity index (χ0) is 18.5. The van der Waals surface area contributed by atoms with Crippen LogP contribution in [0.2, 0.25) is 0 Å². The first-order valence-corrected chi connectivity index (χ1v) is 8.43. The summed E-state index contributed by atoms with van der Waals surface area (Å²) < 4.78 is 59.7. The van der Waals surface area contributed by atoms with Crippen LogP contribution in [0.1, 0.15) is 5.56 Å². The number of urea groups is 1. The fourth-order valence-electron chi connectivity index (χ4n) is 1.80. The molecule has 2 rings (SSSR count). The minimum atomic E-state index is -5.39. The molecule has 0 spiro atoms. The van der Waals surface area contributed by atoms with Gasteiger partial charge in [0.05, 0.1) is 10.6 Å². The maximum absolute atomic E-state index is 12.4. The molecule has 3 N–H and O–H groups in total. The van der Waals surface area contributed by atoms with Crippen LogP contribution >= 0.6 is 0 Å². The van der Waals surface area contributed by atoms with Crippen molar-refractivity contribution in [1.82, 2.24) is 10.7 Å². The Balaban J connectivity index is 1.88. The van der Waals surface area contributed by atoms with Crippen molar-refractivity contribution in [3.8, 4) is 0 Å². The van der Waals surface area contributed by atoms with E-state index in [2.05, 4.69) is 16.2 Å². The normalized spacial score (nSPS) is 11.6. The molecule has 0 heterocycles. The van der Waals surface area contributed by atoms with Crippen LogP contribution in [0.3, 0.4) is 0 Å². The monoisotopic (exact) mass is 373 g/mol. The molecule has 2 amide bonds. The molecule has 2 aromatic rings. The number of amides is 2. The van der Waals surface area contributed by atoms with Gasteiger partial charge >= 0.3 is 11.5 Å². The van der Waals surface area contributed by atoms with E-state index in [9.17, 15) is 26.4 Å². The molecule has 0 unspecified atom stereocenters. The highest BCUT2D eigenvalue weighted by molar-refractivity contribution is 7.92. The number of alkyl halides is 3. The number of hydrogen-bond donors (Lipinski definition) is 3. The Morgan fingerprint density at radius 2 is 1.56 bits per heavy atom. The van der Waals surface area contributed by atoms with E-state index in [0.29, 0.717) is 0 Å². The van der Waals surface area contributed by atoms with Crippen molar-refractivity contribution in [2.45, 2.75) is 16.9 Å². The number of rotatable bonds is 5. The molecule has 0 saturated carbocycles. The van der Waals surface area contributed by atoms with Crippen LogP contribution in [0, 0.1) is 0 Å². The Labute approximate surface area is 141 Å². The molecule has 0 aliphatic carbocycles. The number of hydrogen-bond acceptors (Lipinski definition) is 4. The van der Waals surface area contributed by atoms with Crippen molar-refractivity contribution in [3.05, 3.63) is 60.2 Å². The molecule has 0 aromatic heterocycles. The standard InChI is InChI=1S/C15H14F3N3O3S/c16-15(17,18)25(23,24)13-8-6-12(7-9-13)20-21-14(22)19-10-11-4-2-1-3-5-11/h1-9,20H,10H2,(H2,19,21,22). The predicted octanol–water partition coefficient (Wildman–Crippen LogP) is 2.81. The number of carbonyl (C=O) groups is 1. The Hall–Kier alpha value is -2.75. The highest BCUT2D eigenvalue weighted by Crippen LogP contribution is 2.30. The van der Waals surface area contributed by atoms with E-state index >= 15 is 0 Å². The molecule has 0 aliphatic rings. The second-order valence-corrected chi connectivity index (χ2v) is 6.83. The van der Waals surface area contributed by atoms with Crippen molar-refractivity contribution >= 4 is 21.6 Å². The van der Waals surface area contributed by atoms with Crippen molar-refractivity contribution in [2.24, 2.45) is 0 Å². The maximum Gasteiger partial charge on any atom is 0.501 e. The summed E-state index contributed by atoms with van der Waals surface area (Å²) in [6.45, 7) is 0.289. The number of sulfone groups is 1. The number of hydrazine groups is 1. The molecule has 0 saturated heterocycles. The summed E-state index contributed by atoms with van der Waals surface area (Å²) in [6.07, 6.45) is 0. The molecule has 0 atom stereocenters. The Morgan fingerprint density at radius 3 is 2.12 bits per heavy atom. The van der Waals surface area contributed by atoms with E-state index in [1.807, 2.05) is 30.3 Å². The molecule has 0 fully saturated rings. The smallest absolute Gasteiger partial charge is 0.333 e. The van der Waals surface area contributed by atoms with Crippen LogP contribution < -0.4 is 16.2 Å². The zero-order valence-electron chi connectivity index (χ0n) is 12.7. The summed E-state index contributed by atoms with van der Waals surface area (Å²) in [5.41, 5.74) is 0.489. The number of benzene rings is 2. The molecule has 2 aromatic carbocycles. The second kappa shape index (κ2) is 7.43. The molecule has 134 valence electrons. The minimum Gasteiger partial charge on any atom is -0.333 e. The van der Waals surface area contributed by atoms with Gasteiger partial charge in [0.25, 0.3) is 9.84 Å². The summed E-state index contributed by atoms with van der Waals surface area (Å²) in [6, 6.07) is 12.4.